The number of rotatable bonds is 4. The predicted octanol–water partition coefficient (Wildman–Crippen LogP) is 2.33. The number of hydrogen-bond donors (Lipinski definition) is 1. The van der Waals surface area contributed by atoms with Crippen LogP contribution in [0, 0.1) is 0 Å². The summed E-state index contributed by atoms with van der Waals surface area (Å²) in [5.41, 5.74) is 0.711. The molecule has 4 nitrogen and oxygen atoms in total. The summed E-state index contributed by atoms with van der Waals surface area (Å²) in [6.07, 6.45) is 2.20. The highest BCUT2D eigenvalue weighted by atomic mass is 35.5. The Morgan fingerprint density at radius 3 is 3.00 bits per heavy atom. The van der Waals surface area contributed by atoms with Gasteiger partial charge in [-0.1, -0.05) is 6.07 Å². The molecule has 1 fully saturated rings. The van der Waals surface area contributed by atoms with Crippen LogP contribution in [-0.2, 0) is 0 Å². The van der Waals surface area contributed by atoms with Crippen LogP contribution in [0.25, 0.3) is 0 Å². The van der Waals surface area contributed by atoms with E-state index in [1.165, 1.54) is 0 Å². The smallest absolute Gasteiger partial charge is 0.254 e. The zero-order chi connectivity index (χ0) is 13.7. The van der Waals surface area contributed by atoms with Gasteiger partial charge in [-0.05, 0) is 45.0 Å². The first-order chi connectivity index (χ1) is 9.24. The molecule has 0 bridgehead atoms. The quantitative estimate of drug-likeness (QED) is 0.927. The molecule has 1 aromatic carbocycles. The molecule has 2 rings (SSSR count). The van der Waals surface area contributed by atoms with Gasteiger partial charge in [0.2, 0.25) is 0 Å². The summed E-state index contributed by atoms with van der Waals surface area (Å²) < 4.78 is 5.44. The number of likely N-dealkylation sites (N-methyl/N-ethyl adjacent to an activating group) is 1. The molecule has 0 radical (unpaired) electrons. The summed E-state index contributed by atoms with van der Waals surface area (Å²) in [7, 11) is 1.95. The molecule has 0 aromatic heterocycles. The number of nitrogens with one attached hydrogen (secondary N) is 1. The lowest BCUT2D eigenvalue weighted by Gasteiger charge is -2.32. The van der Waals surface area contributed by atoms with Crippen LogP contribution in [0.15, 0.2) is 24.3 Å². The van der Waals surface area contributed by atoms with E-state index in [2.05, 4.69) is 5.32 Å². The van der Waals surface area contributed by atoms with Gasteiger partial charge in [-0.3, -0.25) is 4.79 Å². The molecule has 1 N–H and O–H groups in total. The zero-order valence-electron chi connectivity index (χ0n) is 12.1. The monoisotopic (exact) mass is 298 g/mol. The summed E-state index contributed by atoms with van der Waals surface area (Å²) in [6, 6.07) is 7.85. The lowest BCUT2D eigenvalue weighted by atomic mass is 10.0. The van der Waals surface area contributed by atoms with Crippen LogP contribution >= 0.6 is 12.4 Å². The van der Waals surface area contributed by atoms with E-state index in [9.17, 15) is 4.79 Å². The standard InChI is InChI=1S/C15H22N2O2.ClH/c1-3-19-14-8-4-6-12(10-14)15(18)17-9-5-7-13(11-17)16-2;/h4,6,8,10,13,16H,3,5,7,9,11H2,1-2H3;1H. The summed E-state index contributed by atoms with van der Waals surface area (Å²) in [5, 5.41) is 3.25. The molecular formula is C15H23ClN2O2. The van der Waals surface area contributed by atoms with Crippen molar-refractivity contribution in [1.82, 2.24) is 10.2 Å². The number of likely N-dealkylation sites (tertiary alicyclic amines) is 1. The molecule has 1 aliphatic heterocycles. The van der Waals surface area contributed by atoms with Crippen molar-refractivity contribution in [2.24, 2.45) is 0 Å². The molecule has 1 aromatic rings. The van der Waals surface area contributed by atoms with Gasteiger partial charge in [0.05, 0.1) is 6.61 Å². The maximum Gasteiger partial charge on any atom is 0.254 e. The van der Waals surface area contributed by atoms with Crippen LogP contribution < -0.4 is 10.1 Å². The second-order valence-electron chi connectivity index (χ2n) is 4.84. The molecule has 1 unspecified atom stereocenters. The number of ether oxygens (including phenoxy) is 1. The number of carbonyl (C=O) groups is 1. The molecule has 0 aliphatic carbocycles. The van der Waals surface area contributed by atoms with Crippen molar-refractivity contribution in [2.45, 2.75) is 25.8 Å². The van der Waals surface area contributed by atoms with Crippen LogP contribution in [0.1, 0.15) is 30.1 Å². The number of piperidine rings is 1. The Balaban J connectivity index is 0.00000200. The topological polar surface area (TPSA) is 41.6 Å². The van der Waals surface area contributed by atoms with Crippen LogP contribution in [0.5, 0.6) is 5.75 Å². The van der Waals surface area contributed by atoms with Crippen molar-refractivity contribution in [3.63, 3.8) is 0 Å². The third-order valence-corrected chi connectivity index (χ3v) is 3.51. The van der Waals surface area contributed by atoms with Gasteiger partial charge in [-0.15, -0.1) is 12.4 Å². The highest BCUT2D eigenvalue weighted by Crippen LogP contribution is 2.17. The molecule has 1 amide bonds. The second kappa shape index (κ2) is 8.12. The van der Waals surface area contributed by atoms with Gasteiger partial charge in [-0.25, -0.2) is 0 Å². The van der Waals surface area contributed by atoms with E-state index in [-0.39, 0.29) is 18.3 Å². The van der Waals surface area contributed by atoms with Crippen LogP contribution in [0.3, 0.4) is 0 Å². The second-order valence-corrected chi connectivity index (χ2v) is 4.84. The summed E-state index contributed by atoms with van der Waals surface area (Å²) in [5.74, 6) is 0.858. The highest BCUT2D eigenvalue weighted by Gasteiger charge is 2.23. The summed E-state index contributed by atoms with van der Waals surface area (Å²) in [6.45, 7) is 4.18. The van der Waals surface area contributed by atoms with Crippen molar-refractivity contribution >= 4 is 18.3 Å². The van der Waals surface area contributed by atoms with Crippen molar-refractivity contribution in [3.05, 3.63) is 29.8 Å². The minimum absolute atomic E-state index is 0. The average molecular weight is 299 g/mol. The Hall–Kier alpha value is -1.26. The number of amides is 1. The van der Waals surface area contributed by atoms with Crippen molar-refractivity contribution in [3.8, 4) is 5.75 Å². The number of nitrogens with zero attached hydrogens (tertiary/aromatic N) is 1. The first-order valence-electron chi connectivity index (χ1n) is 6.94. The first kappa shape index (κ1) is 16.8. The van der Waals surface area contributed by atoms with E-state index in [4.69, 9.17) is 4.74 Å². The first-order valence-corrected chi connectivity index (χ1v) is 6.94. The van der Waals surface area contributed by atoms with E-state index in [0.717, 1.165) is 31.7 Å². The maximum absolute atomic E-state index is 12.5. The Kier molecular flexibility index (Phi) is 6.82. The molecule has 5 heteroatoms. The Bertz CT molecular complexity index is 440. The molecule has 0 saturated carbocycles. The molecular weight excluding hydrogens is 276 g/mol. The Labute approximate surface area is 126 Å². The van der Waals surface area contributed by atoms with Gasteiger partial charge in [0.25, 0.3) is 5.91 Å². The zero-order valence-corrected chi connectivity index (χ0v) is 12.9. The summed E-state index contributed by atoms with van der Waals surface area (Å²) >= 11 is 0. The van der Waals surface area contributed by atoms with Gasteiger partial charge in [0.1, 0.15) is 5.75 Å². The lowest BCUT2D eigenvalue weighted by Crippen LogP contribution is -2.46. The van der Waals surface area contributed by atoms with Gasteiger partial charge in [0, 0.05) is 24.7 Å². The van der Waals surface area contributed by atoms with Crippen LogP contribution in [-0.4, -0.2) is 43.6 Å². The third kappa shape index (κ3) is 4.12. The molecule has 1 saturated heterocycles. The van der Waals surface area contributed by atoms with Gasteiger partial charge in [-0.2, -0.15) is 0 Å². The number of benzene rings is 1. The minimum atomic E-state index is 0. The molecule has 0 spiro atoms. The third-order valence-electron chi connectivity index (χ3n) is 3.51. The Morgan fingerprint density at radius 2 is 2.30 bits per heavy atom. The lowest BCUT2D eigenvalue weighted by molar-refractivity contribution is 0.0697. The fourth-order valence-electron chi connectivity index (χ4n) is 2.47. The maximum atomic E-state index is 12.5. The van der Waals surface area contributed by atoms with Gasteiger partial charge in [0.15, 0.2) is 0 Å². The highest BCUT2D eigenvalue weighted by molar-refractivity contribution is 5.94. The molecule has 1 heterocycles. The fraction of sp³-hybridized carbons (Fsp3) is 0.533. The number of halogens is 1. The van der Waals surface area contributed by atoms with Gasteiger partial charge < -0.3 is 15.0 Å². The average Bonchev–Trinajstić information content (AvgIpc) is 2.47. The van der Waals surface area contributed by atoms with Crippen molar-refractivity contribution < 1.29 is 9.53 Å². The van der Waals surface area contributed by atoms with E-state index in [1.54, 1.807) is 0 Å². The van der Waals surface area contributed by atoms with Gasteiger partial charge >= 0.3 is 0 Å². The van der Waals surface area contributed by atoms with Crippen LogP contribution in [0.2, 0.25) is 0 Å². The van der Waals surface area contributed by atoms with E-state index in [0.29, 0.717) is 18.2 Å². The molecule has 1 aliphatic rings. The fourth-order valence-corrected chi connectivity index (χ4v) is 2.47. The minimum Gasteiger partial charge on any atom is -0.494 e. The van der Waals surface area contributed by atoms with Crippen molar-refractivity contribution in [1.29, 1.82) is 0 Å². The normalized spacial score (nSPS) is 18.3. The van der Waals surface area contributed by atoms with E-state index >= 15 is 0 Å². The Morgan fingerprint density at radius 1 is 1.50 bits per heavy atom. The van der Waals surface area contributed by atoms with Crippen molar-refractivity contribution in [2.75, 3.05) is 26.7 Å². The van der Waals surface area contributed by atoms with E-state index in [1.807, 2.05) is 43.1 Å². The largest absolute Gasteiger partial charge is 0.494 e. The van der Waals surface area contributed by atoms with E-state index < -0.39 is 0 Å². The molecule has 112 valence electrons. The number of hydrogen-bond acceptors (Lipinski definition) is 3. The summed E-state index contributed by atoms with van der Waals surface area (Å²) in [4.78, 5) is 14.4. The predicted molar refractivity (Wildman–Crippen MR) is 82.8 cm³/mol. The number of carbonyl (C=O) groups excluding carboxylic acids is 1. The molecule has 1 atom stereocenters. The van der Waals surface area contributed by atoms with Crippen LogP contribution in [0.4, 0.5) is 0 Å². The SMILES string of the molecule is CCOc1cccc(C(=O)N2CCCC(NC)C2)c1.Cl. The molecule has 20 heavy (non-hydrogen) atoms.